The van der Waals surface area contributed by atoms with Gasteiger partial charge in [0.15, 0.2) is 0 Å². The highest BCUT2D eigenvalue weighted by atomic mass is 32.1. The quantitative estimate of drug-likeness (QED) is 0.511. The molecular formula is C21H20N4O3S. The first-order valence-corrected chi connectivity index (χ1v) is 10.4. The van der Waals surface area contributed by atoms with Crippen LogP contribution in [-0.2, 0) is 6.54 Å². The maximum atomic E-state index is 13.4. The molecule has 0 aromatic carbocycles. The molecule has 8 heteroatoms. The van der Waals surface area contributed by atoms with Crippen molar-refractivity contribution < 1.29 is 13.7 Å². The maximum Gasteiger partial charge on any atom is 0.259 e. The fourth-order valence-electron chi connectivity index (χ4n) is 3.72. The van der Waals surface area contributed by atoms with Gasteiger partial charge in [0, 0.05) is 26.2 Å². The van der Waals surface area contributed by atoms with Crippen molar-refractivity contribution in [2.45, 2.75) is 13.5 Å². The molecule has 7 nitrogen and oxygen atoms in total. The molecule has 1 aliphatic heterocycles. The van der Waals surface area contributed by atoms with Gasteiger partial charge < -0.3 is 13.8 Å². The lowest BCUT2D eigenvalue weighted by Gasteiger charge is -2.34. The third kappa shape index (κ3) is 3.45. The second-order valence-electron chi connectivity index (χ2n) is 7.13. The monoisotopic (exact) mass is 408 g/mol. The molecule has 1 aliphatic rings. The Balaban J connectivity index is 1.40. The van der Waals surface area contributed by atoms with Crippen LogP contribution in [0.25, 0.3) is 21.7 Å². The third-order valence-electron chi connectivity index (χ3n) is 5.24. The topological polar surface area (TPSA) is 75.6 Å². The molecular weight excluding hydrogens is 388 g/mol. The maximum absolute atomic E-state index is 13.4. The van der Waals surface area contributed by atoms with Crippen molar-refractivity contribution in [2.75, 3.05) is 26.2 Å². The van der Waals surface area contributed by atoms with Crippen LogP contribution in [0.5, 0.6) is 0 Å². The molecule has 5 rings (SSSR count). The molecule has 29 heavy (non-hydrogen) atoms. The Labute approximate surface area is 171 Å². The highest BCUT2D eigenvalue weighted by molar-refractivity contribution is 7.13. The van der Waals surface area contributed by atoms with E-state index in [1.807, 2.05) is 47.5 Å². The molecule has 0 bridgehead atoms. The number of pyridine rings is 1. The number of piperazine rings is 1. The Morgan fingerprint density at radius 2 is 2.07 bits per heavy atom. The molecule has 0 N–H and O–H groups in total. The summed E-state index contributed by atoms with van der Waals surface area (Å²) in [6, 6.07) is 9.71. The minimum atomic E-state index is -0.000783. The predicted octanol–water partition coefficient (Wildman–Crippen LogP) is 3.81. The molecule has 4 aromatic rings. The van der Waals surface area contributed by atoms with E-state index in [0.717, 1.165) is 36.0 Å². The van der Waals surface area contributed by atoms with Gasteiger partial charge in [-0.15, -0.1) is 11.3 Å². The van der Waals surface area contributed by atoms with Crippen molar-refractivity contribution >= 4 is 28.3 Å². The SMILES string of the molecule is Cc1noc2nc(-c3cccs3)cc(C(=O)N3CCN(Cc4ccco4)CC3)c12. The van der Waals surface area contributed by atoms with E-state index in [1.165, 1.54) is 0 Å². The van der Waals surface area contributed by atoms with E-state index in [9.17, 15) is 4.79 Å². The number of rotatable bonds is 4. The lowest BCUT2D eigenvalue weighted by atomic mass is 10.1. The van der Waals surface area contributed by atoms with Gasteiger partial charge in [0.2, 0.25) is 0 Å². The van der Waals surface area contributed by atoms with Gasteiger partial charge in [-0.1, -0.05) is 11.2 Å². The molecule has 148 valence electrons. The van der Waals surface area contributed by atoms with E-state index < -0.39 is 0 Å². The first kappa shape index (κ1) is 18.1. The number of carbonyl (C=O) groups is 1. The van der Waals surface area contributed by atoms with E-state index in [1.54, 1.807) is 17.6 Å². The zero-order valence-electron chi connectivity index (χ0n) is 16.0. The molecule has 0 radical (unpaired) electrons. The molecule has 1 saturated heterocycles. The van der Waals surface area contributed by atoms with E-state index in [2.05, 4.69) is 15.0 Å². The molecule has 1 amide bonds. The van der Waals surface area contributed by atoms with Crippen LogP contribution < -0.4 is 0 Å². The van der Waals surface area contributed by atoms with Gasteiger partial charge in [-0.2, -0.15) is 0 Å². The molecule has 0 unspecified atom stereocenters. The van der Waals surface area contributed by atoms with Gasteiger partial charge in [0.05, 0.1) is 40.0 Å². The Morgan fingerprint density at radius 3 is 2.79 bits per heavy atom. The van der Waals surface area contributed by atoms with Gasteiger partial charge in [0.25, 0.3) is 11.6 Å². The van der Waals surface area contributed by atoms with Crippen LogP contribution in [0.3, 0.4) is 0 Å². The fraction of sp³-hybridized carbons (Fsp3) is 0.286. The lowest BCUT2D eigenvalue weighted by molar-refractivity contribution is 0.0622. The first-order chi connectivity index (χ1) is 14.2. The van der Waals surface area contributed by atoms with Crippen LogP contribution in [0.2, 0.25) is 0 Å². The average molecular weight is 408 g/mol. The third-order valence-corrected chi connectivity index (χ3v) is 6.13. The number of furan rings is 1. The normalized spacial score (nSPS) is 15.3. The minimum Gasteiger partial charge on any atom is -0.468 e. The van der Waals surface area contributed by atoms with Crippen LogP contribution in [0.15, 0.2) is 50.9 Å². The molecule has 0 atom stereocenters. The Morgan fingerprint density at radius 1 is 1.21 bits per heavy atom. The van der Waals surface area contributed by atoms with Crippen LogP contribution in [0.1, 0.15) is 21.8 Å². The van der Waals surface area contributed by atoms with E-state index in [4.69, 9.17) is 8.94 Å². The van der Waals surface area contributed by atoms with E-state index in [-0.39, 0.29) is 5.91 Å². The Bertz CT molecular complexity index is 1130. The van der Waals surface area contributed by atoms with Crippen molar-refractivity contribution in [1.29, 1.82) is 0 Å². The number of hydrogen-bond acceptors (Lipinski definition) is 7. The standard InChI is InChI=1S/C21H20N4O3S/c1-14-19-16(12-17(18-5-3-11-29-18)22-20(19)28-23-14)21(26)25-8-6-24(7-9-25)13-15-4-2-10-27-15/h2-5,10-12H,6-9,13H2,1H3. The zero-order valence-corrected chi connectivity index (χ0v) is 16.8. The van der Waals surface area contributed by atoms with Gasteiger partial charge in [-0.05, 0) is 36.6 Å². The summed E-state index contributed by atoms with van der Waals surface area (Å²) in [4.78, 5) is 23.2. The summed E-state index contributed by atoms with van der Waals surface area (Å²) in [5, 5.41) is 6.73. The molecule has 0 spiro atoms. The zero-order chi connectivity index (χ0) is 19.8. The molecule has 0 aliphatic carbocycles. The summed E-state index contributed by atoms with van der Waals surface area (Å²) in [6.45, 7) is 5.56. The largest absolute Gasteiger partial charge is 0.468 e. The molecule has 1 fully saturated rings. The van der Waals surface area contributed by atoms with Gasteiger partial charge in [0.1, 0.15) is 5.76 Å². The van der Waals surface area contributed by atoms with Crippen molar-refractivity contribution in [2.24, 2.45) is 0 Å². The lowest BCUT2D eigenvalue weighted by Crippen LogP contribution is -2.48. The number of aromatic nitrogens is 2. The van der Waals surface area contributed by atoms with Crippen molar-refractivity contribution in [1.82, 2.24) is 19.9 Å². The van der Waals surface area contributed by atoms with Gasteiger partial charge in [-0.25, -0.2) is 4.98 Å². The van der Waals surface area contributed by atoms with Crippen molar-refractivity contribution in [3.63, 3.8) is 0 Å². The molecule has 0 saturated carbocycles. The highest BCUT2D eigenvalue weighted by Gasteiger charge is 2.26. The Kier molecular flexibility index (Phi) is 4.65. The number of fused-ring (bicyclic) bond motifs is 1. The summed E-state index contributed by atoms with van der Waals surface area (Å²) < 4.78 is 10.8. The summed E-state index contributed by atoms with van der Waals surface area (Å²) >= 11 is 1.58. The van der Waals surface area contributed by atoms with E-state index in [0.29, 0.717) is 35.4 Å². The summed E-state index contributed by atoms with van der Waals surface area (Å²) in [6.07, 6.45) is 1.69. The average Bonchev–Trinajstić information content (AvgIpc) is 3.50. The van der Waals surface area contributed by atoms with E-state index >= 15 is 0 Å². The smallest absolute Gasteiger partial charge is 0.259 e. The van der Waals surface area contributed by atoms with Crippen molar-refractivity contribution in [3.05, 3.63) is 59.0 Å². The Hall–Kier alpha value is -2.97. The summed E-state index contributed by atoms with van der Waals surface area (Å²) in [7, 11) is 0. The van der Waals surface area contributed by atoms with Crippen LogP contribution in [0, 0.1) is 6.92 Å². The minimum absolute atomic E-state index is 0.000783. The highest BCUT2D eigenvalue weighted by Crippen LogP contribution is 2.30. The fourth-order valence-corrected chi connectivity index (χ4v) is 4.40. The molecule has 5 heterocycles. The van der Waals surface area contributed by atoms with Crippen LogP contribution in [-0.4, -0.2) is 52.0 Å². The van der Waals surface area contributed by atoms with Crippen molar-refractivity contribution in [3.8, 4) is 10.6 Å². The first-order valence-electron chi connectivity index (χ1n) is 9.54. The number of aryl methyl sites for hydroxylation is 1. The number of carbonyl (C=O) groups excluding carboxylic acids is 1. The number of thiophene rings is 1. The second-order valence-corrected chi connectivity index (χ2v) is 8.08. The molecule has 4 aromatic heterocycles. The number of amides is 1. The van der Waals surface area contributed by atoms with Crippen LogP contribution in [0.4, 0.5) is 0 Å². The van der Waals surface area contributed by atoms with Crippen LogP contribution >= 0.6 is 11.3 Å². The number of hydrogen-bond donors (Lipinski definition) is 0. The predicted molar refractivity (Wildman–Crippen MR) is 110 cm³/mol. The number of nitrogens with zero attached hydrogens (tertiary/aromatic N) is 4. The van der Waals surface area contributed by atoms with Gasteiger partial charge >= 0.3 is 0 Å². The van der Waals surface area contributed by atoms with Gasteiger partial charge in [-0.3, -0.25) is 9.69 Å². The summed E-state index contributed by atoms with van der Waals surface area (Å²) in [5.74, 6) is 0.945. The second kappa shape index (κ2) is 7.46. The summed E-state index contributed by atoms with van der Waals surface area (Å²) in [5.41, 5.74) is 2.44.